The van der Waals surface area contributed by atoms with Gasteiger partial charge in [-0.15, -0.1) is 34.8 Å². The molecule has 0 radical (unpaired) electrons. The molecular weight excluding hydrogens is 935 g/mol. The van der Waals surface area contributed by atoms with Gasteiger partial charge in [0.2, 0.25) is 0 Å². The van der Waals surface area contributed by atoms with E-state index in [-0.39, 0.29) is 0 Å². The molecule has 0 aliphatic heterocycles. The molecule has 3 rings (SSSR count). The third-order valence-corrected chi connectivity index (χ3v) is 11.2. The summed E-state index contributed by atoms with van der Waals surface area (Å²) in [6.45, 7) is 12.1. The van der Waals surface area contributed by atoms with E-state index < -0.39 is 0 Å². The van der Waals surface area contributed by atoms with Crippen LogP contribution in [0.3, 0.4) is 0 Å². The predicted octanol–water partition coefficient (Wildman–Crippen LogP) is 10.4. The number of ether oxygens (including phenoxy) is 6. The van der Waals surface area contributed by atoms with Crippen LogP contribution in [0.4, 0.5) is 0 Å². The van der Waals surface area contributed by atoms with E-state index >= 15 is 0 Å². The first-order valence-corrected chi connectivity index (χ1v) is 26.7. The first-order valence-electron chi connectivity index (χ1n) is 20.2. The Balaban J connectivity index is 0.000000940. The molecule has 0 aliphatic carbocycles. The summed E-state index contributed by atoms with van der Waals surface area (Å²) in [6.07, 6.45) is 4.00. The highest BCUT2D eigenvalue weighted by Crippen LogP contribution is 2.12. The smallest absolute Gasteiger partial charge is 0.126 e. The maximum Gasteiger partial charge on any atom is 0.126 e. The maximum atomic E-state index is 5.81. The van der Waals surface area contributed by atoms with E-state index in [1.165, 1.54) is 22.3 Å². The van der Waals surface area contributed by atoms with Crippen LogP contribution in [0.2, 0.25) is 0 Å². The minimum absolute atomic E-state index is 0.581. The molecule has 0 aromatic heterocycles. The number of thiol groups is 3. The summed E-state index contributed by atoms with van der Waals surface area (Å²) in [4.78, 5) is 0. The van der Waals surface area contributed by atoms with Gasteiger partial charge in [0.15, 0.2) is 0 Å². The zero-order valence-electron chi connectivity index (χ0n) is 35.1. The third kappa shape index (κ3) is 39.7. The summed E-state index contributed by atoms with van der Waals surface area (Å²) < 4.78 is 31.7. The average Bonchev–Trinajstić information content (AvgIpc) is 3.30. The Bertz CT molecular complexity index is 1230. The lowest BCUT2D eigenvalue weighted by Gasteiger charge is -2.07. The highest BCUT2D eigenvalue weighted by Gasteiger charge is 1.98. The van der Waals surface area contributed by atoms with Crippen LogP contribution in [-0.4, -0.2) is 125 Å². The van der Waals surface area contributed by atoms with Gasteiger partial charge in [-0.1, -0.05) is 85.5 Å². The van der Waals surface area contributed by atoms with Crippen molar-refractivity contribution in [2.24, 2.45) is 0 Å². The number of halogens is 3. The topological polar surface area (TPSA) is 55.4 Å². The normalized spacial score (nSPS) is 10.5. The van der Waals surface area contributed by atoms with Crippen molar-refractivity contribution in [3.05, 3.63) is 113 Å². The van der Waals surface area contributed by atoms with Gasteiger partial charge in [-0.2, -0.15) is 61.4 Å². The molecule has 0 saturated carbocycles. The van der Waals surface area contributed by atoms with Crippen molar-refractivity contribution >= 4 is 115 Å². The fourth-order valence-electron chi connectivity index (χ4n) is 4.38. The fraction of sp³-hybridized carbons (Fsp3) is 0.556. The first kappa shape index (κ1) is 60.1. The second-order valence-corrected chi connectivity index (χ2v) is 17.4. The lowest BCUT2D eigenvalue weighted by Crippen LogP contribution is -2.08. The second kappa shape index (κ2) is 48.6. The monoisotopic (exact) mass is 1000 g/mol. The second-order valence-electron chi connectivity index (χ2n) is 12.3. The molecule has 0 amide bonds. The van der Waals surface area contributed by atoms with Crippen LogP contribution < -0.4 is 0 Å². The molecule has 342 valence electrons. The molecular formula is C45H70Cl3O6S6+. The van der Waals surface area contributed by atoms with Crippen molar-refractivity contribution in [1.82, 2.24) is 0 Å². The van der Waals surface area contributed by atoms with Gasteiger partial charge >= 0.3 is 0 Å². The van der Waals surface area contributed by atoms with Crippen molar-refractivity contribution in [2.75, 3.05) is 125 Å². The quantitative estimate of drug-likeness (QED) is 0.0242. The molecule has 0 heterocycles. The van der Waals surface area contributed by atoms with Crippen LogP contribution >= 0.6 is 96.2 Å². The van der Waals surface area contributed by atoms with Gasteiger partial charge in [0.25, 0.3) is 0 Å². The van der Waals surface area contributed by atoms with Gasteiger partial charge < -0.3 is 28.4 Å². The predicted molar refractivity (Wildman–Crippen MR) is 282 cm³/mol. The summed E-state index contributed by atoms with van der Waals surface area (Å²) in [5.41, 5.74) is 7.37. The van der Waals surface area contributed by atoms with Crippen LogP contribution in [-0.2, 0) is 71.5 Å². The highest BCUT2D eigenvalue weighted by atomic mass is 35.5. The number of hydrogen-bond acceptors (Lipinski definition) is 11. The largest absolute Gasteiger partial charge is 0.378 e. The lowest BCUT2D eigenvalue weighted by molar-refractivity contribution is 0.0605. The fourth-order valence-corrected chi connectivity index (χ4v) is 7.09. The number of hydrogen-bond donors (Lipinski definition) is 3. The number of thioether (sulfide) groups is 2. The molecule has 6 nitrogen and oxygen atoms in total. The SMILES string of the molecule is C=Cc1ccc(CCl)cc1.ClCc1ccc(CCSCCOCCOCCSCCc2ccc(CCl)cc2)cc1.SCCOCCOCCS.SCCOCCOCC[SH2+]. The van der Waals surface area contributed by atoms with Gasteiger partial charge in [-0.3, -0.25) is 0 Å². The van der Waals surface area contributed by atoms with Gasteiger partial charge in [-0.25, -0.2) is 0 Å². The minimum Gasteiger partial charge on any atom is -0.378 e. The summed E-state index contributed by atoms with van der Waals surface area (Å²) in [7, 11) is 0. The van der Waals surface area contributed by atoms with Crippen molar-refractivity contribution in [1.29, 1.82) is 0 Å². The van der Waals surface area contributed by atoms with E-state index in [1.54, 1.807) is 0 Å². The van der Waals surface area contributed by atoms with Crippen molar-refractivity contribution in [2.45, 2.75) is 30.5 Å². The molecule has 0 saturated heterocycles. The molecule has 15 heteroatoms. The Labute approximate surface area is 408 Å². The molecule has 0 unspecified atom stereocenters. The van der Waals surface area contributed by atoms with Crippen LogP contribution in [0.25, 0.3) is 6.08 Å². The van der Waals surface area contributed by atoms with Gasteiger partial charge in [0, 0.05) is 46.4 Å². The Morgan fingerprint density at radius 1 is 0.433 bits per heavy atom. The Morgan fingerprint density at radius 3 is 1.03 bits per heavy atom. The molecule has 0 aliphatic rings. The molecule has 0 bridgehead atoms. The molecule has 60 heavy (non-hydrogen) atoms. The van der Waals surface area contributed by atoms with E-state index in [0.717, 1.165) is 89.8 Å². The molecule has 0 spiro atoms. The molecule has 0 N–H and O–H groups in total. The average molecular weight is 1010 g/mol. The van der Waals surface area contributed by atoms with E-state index in [9.17, 15) is 0 Å². The maximum absolute atomic E-state index is 5.81. The standard InChI is InChI=1S/C24H32Cl2O2S2.C9H9Cl.2C6H14O2S2/c25-19-23-5-1-21(2-6-23)9-15-29-17-13-27-11-12-28-14-18-30-16-10-22-3-7-24(20-26)8-4-22;1-2-8-3-5-9(7-10)6-4-8;2*9-5-3-7-1-2-8-4-6-10/h1-8H,9-20H2;2-6H,1,7H2;2*9-10H,1-6H2/p+1. The highest BCUT2D eigenvalue weighted by molar-refractivity contribution is 7.99. The molecule has 3 aromatic carbocycles. The first-order chi connectivity index (χ1) is 29.5. The number of rotatable bonds is 33. The molecule has 0 atom stereocenters. The number of benzene rings is 3. The zero-order chi connectivity index (χ0) is 44.0. The molecule has 0 fully saturated rings. The van der Waals surface area contributed by atoms with Gasteiger partial charge in [-0.05, 0) is 70.4 Å². The zero-order valence-corrected chi connectivity index (χ0v) is 42.7. The van der Waals surface area contributed by atoms with E-state index in [2.05, 4.69) is 106 Å². The minimum atomic E-state index is 0.581. The number of aryl methyl sites for hydroxylation is 2. The van der Waals surface area contributed by atoms with Crippen LogP contribution in [0, 0.1) is 0 Å². The summed E-state index contributed by atoms with van der Waals surface area (Å²) in [5.74, 6) is 9.24. The van der Waals surface area contributed by atoms with Crippen molar-refractivity contribution in [3.63, 3.8) is 0 Å². The number of alkyl halides is 3. The van der Waals surface area contributed by atoms with Gasteiger partial charge in [0.05, 0.1) is 79.3 Å². The van der Waals surface area contributed by atoms with E-state index in [0.29, 0.717) is 77.1 Å². The van der Waals surface area contributed by atoms with Crippen molar-refractivity contribution in [3.8, 4) is 0 Å². The van der Waals surface area contributed by atoms with E-state index in [4.69, 9.17) is 63.2 Å². The Hall–Kier alpha value is 0.130. The van der Waals surface area contributed by atoms with Gasteiger partial charge in [0.1, 0.15) is 5.75 Å². The Kier molecular flexibility index (Phi) is 48.7. The van der Waals surface area contributed by atoms with Crippen LogP contribution in [0.5, 0.6) is 0 Å². The summed E-state index contributed by atoms with van der Waals surface area (Å²) >= 11 is 36.3. The van der Waals surface area contributed by atoms with Crippen LogP contribution in [0.15, 0.2) is 79.4 Å². The lowest BCUT2D eigenvalue weighted by atomic mass is 10.1. The van der Waals surface area contributed by atoms with Crippen LogP contribution in [0.1, 0.15) is 33.4 Å². The van der Waals surface area contributed by atoms with E-state index in [1.807, 2.05) is 53.9 Å². The summed E-state index contributed by atoms with van der Waals surface area (Å²) in [6, 6.07) is 25.1. The van der Waals surface area contributed by atoms with Crippen molar-refractivity contribution < 1.29 is 28.4 Å². The summed E-state index contributed by atoms with van der Waals surface area (Å²) in [5, 5.41) is 0. The third-order valence-electron chi connectivity index (χ3n) is 7.61. The molecule has 3 aromatic rings. The Morgan fingerprint density at radius 2 is 0.733 bits per heavy atom.